The molecule has 0 amide bonds. The van der Waals surface area contributed by atoms with E-state index in [2.05, 4.69) is 6.92 Å². The molecule has 0 radical (unpaired) electrons. The predicted octanol–water partition coefficient (Wildman–Crippen LogP) is 5.11. The molecule has 0 N–H and O–H groups in total. The summed E-state index contributed by atoms with van der Waals surface area (Å²) in [6, 6.07) is 0. The summed E-state index contributed by atoms with van der Waals surface area (Å²) in [6.07, 6.45) is 18.1. The van der Waals surface area contributed by atoms with Gasteiger partial charge in [0, 0.05) is 0 Å². The first-order valence-electron chi connectivity index (χ1n) is 7.35. The molecule has 1 aliphatic heterocycles. The van der Waals surface area contributed by atoms with Crippen molar-refractivity contribution in [3.63, 3.8) is 0 Å². The van der Waals surface area contributed by atoms with E-state index in [0.717, 1.165) is 5.92 Å². The van der Waals surface area contributed by atoms with Crippen LogP contribution < -0.4 is 0 Å². The molecule has 2 heteroatoms. The Labute approximate surface area is 106 Å². The minimum Gasteiger partial charge on any atom is -0.122 e. The van der Waals surface area contributed by atoms with Crippen molar-refractivity contribution in [3.05, 3.63) is 0 Å². The van der Waals surface area contributed by atoms with Gasteiger partial charge in [0.25, 0.3) is 0 Å². The fraction of sp³-hybridized carbons (Fsp3) is 1.00. The molecule has 1 rings (SSSR count). The van der Waals surface area contributed by atoms with E-state index in [0.29, 0.717) is 0 Å². The van der Waals surface area contributed by atoms with Gasteiger partial charge in [-0.1, -0.05) is 32.6 Å². The van der Waals surface area contributed by atoms with Crippen LogP contribution in [0, 0.1) is 5.92 Å². The predicted molar refractivity (Wildman–Crippen MR) is 82.2 cm³/mol. The minimum absolute atomic E-state index is 1.06. The lowest BCUT2D eigenvalue weighted by Crippen LogP contribution is -2.01. The van der Waals surface area contributed by atoms with Gasteiger partial charge in [0.15, 0.2) is 0 Å². The topological polar surface area (TPSA) is 0 Å². The van der Waals surface area contributed by atoms with E-state index < -0.39 is 0 Å². The molecule has 1 fully saturated rings. The quantitative estimate of drug-likeness (QED) is 0.574. The zero-order chi connectivity index (χ0) is 11.5. The van der Waals surface area contributed by atoms with Crippen LogP contribution in [-0.4, -0.2) is 24.6 Å². The summed E-state index contributed by atoms with van der Waals surface area (Å²) < 4.78 is 0. The van der Waals surface area contributed by atoms with Crippen LogP contribution in [0.15, 0.2) is 0 Å². The maximum absolute atomic E-state index is 2.39. The Hall–Kier alpha value is 0.860. The second kappa shape index (κ2) is 11.0. The molecule has 0 aliphatic carbocycles. The number of rotatable bonds is 1. The van der Waals surface area contributed by atoms with Crippen molar-refractivity contribution in [1.82, 2.24) is 0 Å². The Morgan fingerprint density at radius 3 is 2.06 bits per heavy atom. The maximum atomic E-state index is 2.39. The first kappa shape index (κ1) is 14.9. The molecule has 3 unspecified atom stereocenters. The standard InChI is InChI=1S/C14H30P2/c1-2-14-8-7-12-15-10-5-3-4-6-11-16-13-9-14/h14-16H,2-13H2,1H3. The highest BCUT2D eigenvalue weighted by molar-refractivity contribution is 7.38. The molecule has 0 saturated carbocycles. The first-order valence-corrected chi connectivity index (χ1v) is 10.2. The normalized spacial score (nSPS) is 30.2. The van der Waals surface area contributed by atoms with E-state index in [9.17, 15) is 0 Å². The van der Waals surface area contributed by atoms with Crippen LogP contribution in [0.4, 0.5) is 0 Å². The molecule has 16 heavy (non-hydrogen) atoms. The van der Waals surface area contributed by atoms with Crippen molar-refractivity contribution in [2.45, 2.75) is 58.3 Å². The largest absolute Gasteiger partial charge is 0.122 e. The maximum Gasteiger partial charge on any atom is -0.0351 e. The third kappa shape index (κ3) is 8.03. The fourth-order valence-corrected chi connectivity index (χ4v) is 5.04. The Morgan fingerprint density at radius 2 is 1.38 bits per heavy atom. The van der Waals surface area contributed by atoms with Crippen molar-refractivity contribution >= 4 is 17.2 Å². The van der Waals surface area contributed by atoms with Crippen molar-refractivity contribution in [2.24, 2.45) is 5.92 Å². The Balaban J connectivity index is 2.16. The summed E-state index contributed by atoms with van der Waals surface area (Å²) in [7, 11) is 2.53. The van der Waals surface area contributed by atoms with Crippen LogP contribution in [0.5, 0.6) is 0 Å². The molecule has 1 aliphatic rings. The van der Waals surface area contributed by atoms with Crippen LogP contribution in [0.2, 0.25) is 0 Å². The van der Waals surface area contributed by atoms with E-state index in [-0.39, 0.29) is 0 Å². The molecule has 0 bridgehead atoms. The molecule has 0 aromatic carbocycles. The van der Waals surface area contributed by atoms with Crippen molar-refractivity contribution in [2.75, 3.05) is 24.6 Å². The summed E-state index contributed by atoms with van der Waals surface area (Å²) in [5.41, 5.74) is 0. The molecular weight excluding hydrogens is 230 g/mol. The monoisotopic (exact) mass is 260 g/mol. The van der Waals surface area contributed by atoms with Crippen LogP contribution in [-0.2, 0) is 0 Å². The van der Waals surface area contributed by atoms with E-state index in [1.807, 2.05) is 0 Å². The smallest absolute Gasteiger partial charge is 0.0351 e. The third-order valence-electron chi connectivity index (χ3n) is 3.73. The van der Waals surface area contributed by atoms with Crippen molar-refractivity contribution < 1.29 is 0 Å². The highest BCUT2D eigenvalue weighted by Gasteiger charge is 2.06. The van der Waals surface area contributed by atoms with E-state index >= 15 is 0 Å². The Morgan fingerprint density at radius 1 is 0.750 bits per heavy atom. The van der Waals surface area contributed by atoms with E-state index in [1.54, 1.807) is 0 Å². The number of hydrogen-bond acceptors (Lipinski definition) is 0. The van der Waals surface area contributed by atoms with Crippen LogP contribution in [0.3, 0.4) is 0 Å². The van der Waals surface area contributed by atoms with Gasteiger partial charge in [0.1, 0.15) is 0 Å². The van der Waals surface area contributed by atoms with Gasteiger partial charge >= 0.3 is 0 Å². The summed E-state index contributed by atoms with van der Waals surface area (Å²) in [6.45, 7) is 2.39. The van der Waals surface area contributed by atoms with Crippen LogP contribution >= 0.6 is 17.2 Å². The highest BCUT2D eigenvalue weighted by atomic mass is 31.1. The van der Waals surface area contributed by atoms with E-state index in [1.165, 1.54) is 93.2 Å². The average molecular weight is 260 g/mol. The lowest BCUT2D eigenvalue weighted by Gasteiger charge is -2.15. The molecule has 0 spiro atoms. The van der Waals surface area contributed by atoms with Gasteiger partial charge in [0.05, 0.1) is 0 Å². The zero-order valence-electron chi connectivity index (χ0n) is 11.1. The Bertz CT molecular complexity index is 134. The van der Waals surface area contributed by atoms with E-state index in [4.69, 9.17) is 0 Å². The summed E-state index contributed by atoms with van der Waals surface area (Å²) >= 11 is 0. The van der Waals surface area contributed by atoms with Gasteiger partial charge in [-0.2, -0.15) is 0 Å². The van der Waals surface area contributed by atoms with Gasteiger partial charge in [-0.3, -0.25) is 0 Å². The zero-order valence-corrected chi connectivity index (χ0v) is 13.1. The Kier molecular flexibility index (Phi) is 10.2. The number of hydrogen-bond donors (Lipinski definition) is 0. The van der Waals surface area contributed by atoms with Gasteiger partial charge in [-0.25, -0.2) is 0 Å². The van der Waals surface area contributed by atoms with Gasteiger partial charge in [-0.05, 0) is 56.2 Å². The molecule has 1 saturated heterocycles. The summed E-state index contributed by atoms with van der Waals surface area (Å²) in [4.78, 5) is 0. The molecule has 0 nitrogen and oxygen atoms in total. The average Bonchev–Trinajstić information content (AvgIpc) is 2.32. The second-order valence-corrected chi connectivity index (χ2v) is 8.12. The fourth-order valence-electron chi connectivity index (χ4n) is 2.48. The summed E-state index contributed by atoms with van der Waals surface area (Å²) in [5, 5.41) is 0. The molecule has 3 atom stereocenters. The lowest BCUT2D eigenvalue weighted by molar-refractivity contribution is 0.454. The SMILES string of the molecule is CCC1CCCPCCCCCCPCC1. The minimum atomic E-state index is 1.06. The molecule has 1 heterocycles. The van der Waals surface area contributed by atoms with Gasteiger partial charge < -0.3 is 0 Å². The molecule has 0 aromatic rings. The molecule has 96 valence electrons. The highest BCUT2D eigenvalue weighted by Crippen LogP contribution is 2.25. The lowest BCUT2D eigenvalue weighted by atomic mass is 9.98. The molecular formula is C14H30P2. The first-order chi connectivity index (χ1) is 7.93. The van der Waals surface area contributed by atoms with Crippen LogP contribution in [0.25, 0.3) is 0 Å². The van der Waals surface area contributed by atoms with Crippen LogP contribution in [0.1, 0.15) is 58.3 Å². The van der Waals surface area contributed by atoms with Gasteiger partial charge in [0.2, 0.25) is 0 Å². The summed E-state index contributed by atoms with van der Waals surface area (Å²) in [5.74, 6) is 1.06. The van der Waals surface area contributed by atoms with Gasteiger partial charge in [-0.15, -0.1) is 17.2 Å². The molecule has 0 aromatic heterocycles. The van der Waals surface area contributed by atoms with Crippen molar-refractivity contribution in [3.8, 4) is 0 Å². The second-order valence-electron chi connectivity index (χ2n) is 5.12. The van der Waals surface area contributed by atoms with Crippen molar-refractivity contribution in [1.29, 1.82) is 0 Å². The third-order valence-corrected chi connectivity index (χ3v) is 6.49.